The van der Waals surface area contributed by atoms with Gasteiger partial charge in [-0.2, -0.15) is 0 Å². The Hall–Kier alpha value is -1.09. The molecule has 1 saturated carbocycles. The summed E-state index contributed by atoms with van der Waals surface area (Å²) in [5.41, 5.74) is 1.25. The highest BCUT2D eigenvalue weighted by Gasteiger charge is 2.25. The minimum absolute atomic E-state index is 0.357. The molecule has 2 unspecified atom stereocenters. The van der Waals surface area contributed by atoms with E-state index in [1.165, 1.54) is 37.7 Å². The number of hydrogen-bond acceptors (Lipinski definition) is 3. The molecule has 1 aliphatic carbocycles. The van der Waals surface area contributed by atoms with Crippen molar-refractivity contribution < 1.29 is 4.74 Å². The highest BCUT2D eigenvalue weighted by atomic mass is 16.5. The lowest BCUT2D eigenvalue weighted by molar-refractivity contribution is 0.0857. The van der Waals surface area contributed by atoms with Crippen LogP contribution >= 0.6 is 0 Å². The first-order valence-corrected chi connectivity index (χ1v) is 8.51. The molecule has 1 heterocycles. The molecule has 2 rings (SSSR count). The first-order valence-electron chi connectivity index (χ1n) is 8.51. The quantitative estimate of drug-likeness (QED) is 0.818. The van der Waals surface area contributed by atoms with Crippen molar-refractivity contribution in [3.63, 3.8) is 0 Å². The molecule has 1 aliphatic rings. The molecule has 0 radical (unpaired) electrons. The summed E-state index contributed by atoms with van der Waals surface area (Å²) in [4.78, 5) is 4.40. The fraction of sp³-hybridized carbons (Fsp3) is 0.722. The lowest BCUT2D eigenvalue weighted by Gasteiger charge is -2.30. The van der Waals surface area contributed by atoms with Gasteiger partial charge < -0.3 is 10.1 Å². The summed E-state index contributed by atoms with van der Waals surface area (Å²) in [5, 5.41) is 3.47. The van der Waals surface area contributed by atoms with E-state index < -0.39 is 0 Å². The Bertz CT molecular complexity index is 419. The minimum Gasteiger partial charge on any atom is -0.474 e. The molecule has 21 heavy (non-hydrogen) atoms. The minimum atomic E-state index is 0.357. The molecule has 0 bridgehead atoms. The Morgan fingerprint density at radius 1 is 1.33 bits per heavy atom. The molecule has 0 amide bonds. The normalized spacial score (nSPS) is 22.5. The molecule has 0 saturated heterocycles. The van der Waals surface area contributed by atoms with E-state index in [0.717, 1.165) is 19.0 Å². The molecule has 0 aliphatic heterocycles. The zero-order chi connectivity index (χ0) is 15.1. The summed E-state index contributed by atoms with van der Waals surface area (Å²) in [7, 11) is 0. The second-order valence-corrected chi connectivity index (χ2v) is 6.64. The summed E-state index contributed by atoms with van der Waals surface area (Å²) in [6, 6.07) is 4.16. The molecule has 1 aromatic heterocycles. The molecule has 1 N–H and O–H groups in total. The zero-order valence-corrected chi connectivity index (χ0v) is 13.8. The van der Waals surface area contributed by atoms with Crippen LogP contribution in [0.15, 0.2) is 18.3 Å². The van der Waals surface area contributed by atoms with Crippen LogP contribution in [0.1, 0.15) is 58.4 Å². The van der Waals surface area contributed by atoms with Gasteiger partial charge in [-0.05, 0) is 55.7 Å². The number of ether oxygens (including phenoxy) is 1. The van der Waals surface area contributed by atoms with Crippen molar-refractivity contribution in [2.24, 2.45) is 11.8 Å². The highest BCUT2D eigenvalue weighted by Crippen LogP contribution is 2.30. The van der Waals surface area contributed by atoms with Gasteiger partial charge in [0.25, 0.3) is 0 Å². The lowest BCUT2D eigenvalue weighted by Crippen LogP contribution is -2.30. The number of nitrogens with one attached hydrogen (secondary N) is 1. The van der Waals surface area contributed by atoms with Gasteiger partial charge in [0.05, 0.1) is 0 Å². The zero-order valence-electron chi connectivity index (χ0n) is 13.8. The predicted octanol–water partition coefficient (Wildman–Crippen LogP) is 4.17. The Balaban J connectivity index is 1.90. The van der Waals surface area contributed by atoms with Crippen molar-refractivity contribution in [2.75, 3.05) is 6.54 Å². The van der Waals surface area contributed by atoms with Gasteiger partial charge in [0, 0.05) is 18.8 Å². The molecule has 118 valence electrons. The summed E-state index contributed by atoms with van der Waals surface area (Å²) in [6.07, 6.45) is 8.55. The average Bonchev–Trinajstić information content (AvgIpc) is 2.48. The summed E-state index contributed by atoms with van der Waals surface area (Å²) in [6.45, 7) is 8.65. The van der Waals surface area contributed by atoms with Gasteiger partial charge in [-0.3, -0.25) is 0 Å². The number of pyridine rings is 1. The first-order chi connectivity index (χ1) is 10.2. The molecular formula is C18H30N2O. The molecule has 0 spiro atoms. The standard InChI is InChI=1S/C18H30N2O/c1-4-16-7-5-6-8-17(16)21-18-11-15(9-10-20-18)13-19-12-14(2)3/h9-11,14,16-17,19H,4-8,12-13H2,1-3H3. The van der Waals surface area contributed by atoms with Gasteiger partial charge in [-0.15, -0.1) is 0 Å². The van der Waals surface area contributed by atoms with E-state index in [1.54, 1.807) is 0 Å². The first kappa shape index (κ1) is 16.3. The maximum Gasteiger partial charge on any atom is 0.213 e. The molecule has 0 aromatic carbocycles. The third-order valence-corrected chi connectivity index (χ3v) is 4.32. The molecule has 3 heteroatoms. The lowest BCUT2D eigenvalue weighted by atomic mass is 9.85. The van der Waals surface area contributed by atoms with E-state index in [9.17, 15) is 0 Å². The van der Waals surface area contributed by atoms with Gasteiger partial charge in [0.2, 0.25) is 5.88 Å². The number of nitrogens with zero attached hydrogens (tertiary/aromatic N) is 1. The van der Waals surface area contributed by atoms with Crippen LogP contribution in [0.25, 0.3) is 0 Å². The van der Waals surface area contributed by atoms with Crippen LogP contribution in [-0.2, 0) is 6.54 Å². The van der Waals surface area contributed by atoms with Crippen molar-refractivity contribution in [1.82, 2.24) is 10.3 Å². The monoisotopic (exact) mass is 290 g/mol. The van der Waals surface area contributed by atoms with Gasteiger partial charge in [-0.25, -0.2) is 4.98 Å². The van der Waals surface area contributed by atoms with Gasteiger partial charge in [0.1, 0.15) is 6.10 Å². The van der Waals surface area contributed by atoms with Crippen LogP contribution in [0.2, 0.25) is 0 Å². The number of aromatic nitrogens is 1. The summed E-state index contributed by atoms with van der Waals surface area (Å²) >= 11 is 0. The number of rotatable bonds is 7. The largest absolute Gasteiger partial charge is 0.474 e. The maximum atomic E-state index is 6.19. The predicted molar refractivity (Wildman–Crippen MR) is 87.4 cm³/mol. The van der Waals surface area contributed by atoms with E-state index in [0.29, 0.717) is 17.9 Å². The second kappa shape index (κ2) is 8.38. The van der Waals surface area contributed by atoms with Crippen LogP contribution < -0.4 is 10.1 Å². The van der Waals surface area contributed by atoms with Crippen LogP contribution in [0.3, 0.4) is 0 Å². The van der Waals surface area contributed by atoms with Crippen molar-refractivity contribution in [2.45, 2.75) is 65.5 Å². The topological polar surface area (TPSA) is 34.1 Å². The summed E-state index contributed by atoms with van der Waals surface area (Å²) in [5.74, 6) is 2.17. The number of hydrogen-bond donors (Lipinski definition) is 1. The Morgan fingerprint density at radius 3 is 2.90 bits per heavy atom. The molecule has 1 fully saturated rings. The average molecular weight is 290 g/mol. The Morgan fingerprint density at radius 2 is 2.14 bits per heavy atom. The van der Waals surface area contributed by atoms with Gasteiger partial charge in [-0.1, -0.05) is 27.2 Å². The molecule has 2 atom stereocenters. The second-order valence-electron chi connectivity index (χ2n) is 6.64. The molecular weight excluding hydrogens is 260 g/mol. The van der Waals surface area contributed by atoms with E-state index in [1.807, 2.05) is 6.20 Å². The Kier molecular flexibility index (Phi) is 6.50. The van der Waals surface area contributed by atoms with Crippen LogP contribution in [0.5, 0.6) is 5.88 Å². The summed E-state index contributed by atoms with van der Waals surface area (Å²) < 4.78 is 6.19. The van der Waals surface area contributed by atoms with Crippen LogP contribution in [0.4, 0.5) is 0 Å². The third-order valence-electron chi connectivity index (χ3n) is 4.32. The van der Waals surface area contributed by atoms with Crippen molar-refractivity contribution in [3.8, 4) is 5.88 Å². The third kappa shape index (κ3) is 5.31. The SMILES string of the molecule is CCC1CCCCC1Oc1cc(CNCC(C)C)ccn1. The van der Waals surface area contributed by atoms with E-state index in [2.05, 4.69) is 43.2 Å². The highest BCUT2D eigenvalue weighted by molar-refractivity contribution is 5.20. The van der Waals surface area contributed by atoms with Crippen molar-refractivity contribution >= 4 is 0 Å². The fourth-order valence-corrected chi connectivity index (χ4v) is 3.08. The van der Waals surface area contributed by atoms with Crippen molar-refractivity contribution in [3.05, 3.63) is 23.9 Å². The Labute approximate surface area is 129 Å². The van der Waals surface area contributed by atoms with E-state index in [4.69, 9.17) is 4.74 Å². The van der Waals surface area contributed by atoms with Crippen molar-refractivity contribution in [1.29, 1.82) is 0 Å². The van der Waals surface area contributed by atoms with Crippen LogP contribution in [-0.4, -0.2) is 17.6 Å². The van der Waals surface area contributed by atoms with Crippen LogP contribution in [0, 0.1) is 11.8 Å². The smallest absolute Gasteiger partial charge is 0.213 e. The maximum absolute atomic E-state index is 6.19. The van der Waals surface area contributed by atoms with E-state index in [-0.39, 0.29) is 0 Å². The van der Waals surface area contributed by atoms with Gasteiger partial charge in [0.15, 0.2) is 0 Å². The van der Waals surface area contributed by atoms with E-state index >= 15 is 0 Å². The molecule has 1 aromatic rings. The fourth-order valence-electron chi connectivity index (χ4n) is 3.08. The van der Waals surface area contributed by atoms with Gasteiger partial charge >= 0.3 is 0 Å². The molecule has 3 nitrogen and oxygen atoms in total.